The summed E-state index contributed by atoms with van der Waals surface area (Å²) in [4.78, 5) is 2.33. The number of hydrogen-bond acceptors (Lipinski definition) is 6. The average molecular weight is 426 g/mol. The second-order valence-corrected chi connectivity index (χ2v) is 9.48. The van der Waals surface area contributed by atoms with Gasteiger partial charge in [0.05, 0.1) is 24.8 Å². The fourth-order valence-corrected chi connectivity index (χ4v) is 5.06. The molecule has 6 heteroatoms. The van der Waals surface area contributed by atoms with Crippen LogP contribution in [0.5, 0.6) is 5.75 Å². The molecule has 30 heavy (non-hydrogen) atoms. The molecule has 3 rings (SSSR count). The zero-order valence-electron chi connectivity index (χ0n) is 18.0. The minimum atomic E-state index is -0.437. The first-order valence-electron chi connectivity index (χ1n) is 10.3. The third-order valence-electron chi connectivity index (χ3n) is 5.52. The number of nitrogens with one attached hydrogen (secondary N) is 1. The van der Waals surface area contributed by atoms with E-state index < -0.39 is 6.10 Å². The number of nitrogens with zero attached hydrogens (tertiary/aromatic N) is 2. The van der Waals surface area contributed by atoms with E-state index >= 15 is 0 Å². The first-order chi connectivity index (χ1) is 14.4. The van der Waals surface area contributed by atoms with Gasteiger partial charge < -0.3 is 15.2 Å². The van der Waals surface area contributed by atoms with E-state index in [2.05, 4.69) is 42.3 Å². The summed E-state index contributed by atoms with van der Waals surface area (Å²) in [6.45, 7) is 5.68. The summed E-state index contributed by atoms with van der Waals surface area (Å²) in [7, 11) is 1.67. The number of nitriles is 1. The summed E-state index contributed by atoms with van der Waals surface area (Å²) in [5.41, 5.74) is 2.96. The van der Waals surface area contributed by atoms with E-state index in [0.29, 0.717) is 12.1 Å². The molecule has 0 saturated carbocycles. The maximum atomic E-state index is 10.9. The van der Waals surface area contributed by atoms with Crippen molar-refractivity contribution in [2.24, 2.45) is 0 Å². The lowest BCUT2D eigenvalue weighted by Crippen LogP contribution is -2.50. The molecule has 2 aromatic carbocycles. The van der Waals surface area contributed by atoms with Crippen LogP contribution < -0.4 is 10.1 Å². The van der Waals surface area contributed by atoms with E-state index in [1.807, 2.05) is 48.2 Å². The lowest BCUT2D eigenvalue weighted by molar-refractivity contribution is 0.0684. The van der Waals surface area contributed by atoms with Gasteiger partial charge in [-0.15, -0.1) is 11.8 Å². The van der Waals surface area contributed by atoms with E-state index in [9.17, 15) is 5.11 Å². The minimum Gasteiger partial charge on any atom is -0.497 e. The number of aliphatic hydroxyl groups is 1. The normalized spacial score (nSPS) is 18.2. The predicted octanol–water partition coefficient (Wildman–Crippen LogP) is 3.41. The first-order valence-corrected chi connectivity index (χ1v) is 11.4. The molecule has 1 heterocycles. The molecule has 0 unspecified atom stereocenters. The van der Waals surface area contributed by atoms with Gasteiger partial charge in [-0.05, 0) is 55.7 Å². The molecular weight excluding hydrogens is 394 g/mol. The van der Waals surface area contributed by atoms with Gasteiger partial charge in [-0.1, -0.05) is 24.3 Å². The molecule has 1 aliphatic heterocycles. The van der Waals surface area contributed by atoms with Gasteiger partial charge in [0, 0.05) is 36.3 Å². The van der Waals surface area contributed by atoms with Crippen molar-refractivity contribution in [1.82, 2.24) is 10.2 Å². The number of β-amino-alcohol motifs (C(OH)–C–C–N with tert-alkyl or cyclic N) is 1. The van der Waals surface area contributed by atoms with E-state index in [1.165, 1.54) is 11.1 Å². The zero-order chi connectivity index (χ0) is 21.6. The third kappa shape index (κ3) is 6.23. The van der Waals surface area contributed by atoms with Gasteiger partial charge in [0.2, 0.25) is 0 Å². The Labute approximate surface area is 184 Å². The Morgan fingerprint density at radius 2 is 1.87 bits per heavy atom. The molecule has 2 N–H and O–H groups in total. The Hall–Kier alpha value is -2.04. The maximum absolute atomic E-state index is 10.9. The Morgan fingerprint density at radius 3 is 2.50 bits per heavy atom. The predicted molar refractivity (Wildman–Crippen MR) is 123 cm³/mol. The van der Waals surface area contributed by atoms with Gasteiger partial charge >= 0.3 is 0 Å². The van der Waals surface area contributed by atoms with Gasteiger partial charge in [0.25, 0.3) is 0 Å². The molecule has 0 amide bonds. The number of aliphatic hydroxyl groups excluding tert-OH is 1. The SMILES string of the molecule is COc1ccc(CC(C)(C)NC[C@H](O)[C@H]2CSCN2Cc2ccc(C#N)cc2)cc1. The second-order valence-electron chi connectivity index (χ2n) is 8.48. The molecule has 1 fully saturated rings. The molecule has 2 aromatic rings. The van der Waals surface area contributed by atoms with Crippen molar-refractivity contribution in [3.63, 3.8) is 0 Å². The van der Waals surface area contributed by atoms with Crippen LogP contribution in [0.25, 0.3) is 0 Å². The lowest BCUT2D eigenvalue weighted by atomic mass is 9.94. The summed E-state index contributed by atoms with van der Waals surface area (Å²) >= 11 is 1.86. The Morgan fingerprint density at radius 1 is 1.20 bits per heavy atom. The molecule has 160 valence electrons. The quantitative estimate of drug-likeness (QED) is 0.642. The largest absolute Gasteiger partial charge is 0.497 e. The zero-order valence-corrected chi connectivity index (χ0v) is 18.8. The number of benzene rings is 2. The van der Waals surface area contributed by atoms with Gasteiger partial charge in [0.15, 0.2) is 0 Å². The number of thioether (sulfide) groups is 1. The highest BCUT2D eigenvalue weighted by atomic mass is 32.2. The van der Waals surface area contributed by atoms with Crippen molar-refractivity contribution in [3.05, 3.63) is 65.2 Å². The van der Waals surface area contributed by atoms with Crippen LogP contribution in [-0.2, 0) is 13.0 Å². The summed E-state index contributed by atoms with van der Waals surface area (Å²) in [5, 5.41) is 23.4. The third-order valence-corrected chi connectivity index (χ3v) is 6.61. The lowest BCUT2D eigenvalue weighted by Gasteiger charge is -2.32. The molecule has 2 atom stereocenters. The summed E-state index contributed by atoms with van der Waals surface area (Å²) in [5.74, 6) is 2.70. The van der Waals surface area contributed by atoms with Crippen LogP contribution in [0.2, 0.25) is 0 Å². The second kappa shape index (κ2) is 10.3. The fourth-order valence-electron chi connectivity index (χ4n) is 3.76. The van der Waals surface area contributed by atoms with E-state index in [1.54, 1.807) is 7.11 Å². The Kier molecular flexibility index (Phi) is 7.79. The monoisotopic (exact) mass is 425 g/mol. The molecule has 0 aromatic heterocycles. The Bertz CT molecular complexity index is 846. The highest BCUT2D eigenvalue weighted by Crippen LogP contribution is 2.26. The number of hydrogen-bond donors (Lipinski definition) is 2. The molecule has 0 bridgehead atoms. The van der Waals surface area contributed by atoms with Crippen molar-refractivity contribution in [2.45, 2.75) is 44.5 Å². The molecule has 1 aliphatic rings. The van der Waals surface area contributed by atoms with Gasteiger partial charge in [-0.2, -0.15) is 5.26 Å². The summed E-state index contributed by atoms with van der Waals surface area (Å²) in [6, 6.07) is 18.1. The van der Waals surface area contributed by atoms with Crippen molar-refractivity contribution < 1.29 is 9.84 Å². The van der Waals surface area contributed by atoms with Crippen LogP contribution in [0.1, 0.15) is 30.5 Å². The van der Waals surface area contributed by atoms with Crippen LogP contribution in [0.15, 0.2) is 48.5 Å². The molecule has 0 aliphatic carbocycles. The molecule has 5 nitrogen and oxygen atoms in total. The fraction of sp³-hybridized carbons (Fsp3) is 0.458. The maximum Gasteiger partial charge on any atom is 0.118 e. The first kappa shape index (κ1) is 22.6. The van der Waals surface area contributed by atoms with Gasteiger partial charge in [-0.25, -0.2) is 0 Å². The van der Waals surface area contributed by atoms with Crippen molar-refractivity contribution in [2.75, 3.05) is 25.3 Å². The van der Waals surface area contributed by atoms with Gasteiger partial charge in [-0.3, -0.25) is 4.90 Å². The van der Waals surface area contributed by atoms with Crippen LogP contribution in [0.4, 0.5) is 0 Å². The summed E-state index contributed by atoms with van der Waals surface area (Å²) in [6.07, 6.45) is 0.437. The van der Waals surface area contributed by atoms with Gasteiger partial charge in [0.1, 0.15) is 5.75 Å². The smallest absolute Gasteiger partial charge is 0.118 e. The highest BCUT2D eigenvalue weighted by molar-refractivity contribution is 7.99. The molecule has 0 radical (unpaired) electrons. The van der Waals surface area contributed by atoms with E-state index in [-0.39, 0.29) is 11.6 Å². The molecular formula is C24H31N3O2S. The van der Waals surface area contributed by atoms with Crippen molar-refractivity contribution in [1.29, 1.82) is 5.26 Å². The number of rotatable bonds is 9. The molecule has 0 spiro atoms. The van der Waals surface area contributed by atoms with Crippen LogP contribution in [-0.4, -0.2) is 53.0 Å². The van der Waals surface area contributed by atoms with E-state index in [4.69, 9.17) is 10.00 Å². The molecule has 1 saturated heterocycles. The average Bonchev–Trinajstić information content (AvgIpc) is 3.21. The minimum absolute atomic E-state index is 0.120. The standard InChI is InChI=1S/C24H31N3O2S/c1-24(2,12-18-8-10-21(29-3)11-9-18)26-14-23(28)22-16-30-17-27(22)15-20-6-4-19(13-25)5-7-20/h4-11,22-23,26,28H,12,14-17H2,1-3H3/t22-,23+/m1/s1. The van der Waals surface area contributed by atoms with Crippen molar-refractivity contribution in [3.8, 4) is 11.8 Å². The Balaban J connectivity index is 1.52. The topological polar surface area (TPSA) is 68.5 Å². The van der Waals surface area contributed by atoms with E-state index in [0.717, 1.165) is 30.3 Å². The number of ether oxygens (including phenoxy) is 1. The van der Waals surface area contributed by atoms with Crippen LogP contribution in [0, 0.1) is 11.3 Å². The van der Waals surface area contributed by atoms with Crippen LogP contribution in [0.3, 0.4) is 0 Å². The van der Waals surface area contributed by atoms with Crippen LogP contribution >= 0.6 is 11.8 Å². The number of methoxy groups -OCH3 is 1. The summed E-state index contributed by atoms with van der Waals surface area (Å²) < 4.78 is 5.23. The highest BCUT2D eigenvalue weighted by Gasteiger charge is 2.32. The van der Waals surface area contributed by atoms with Crippen molar-refractivity contribution >= 4 is 11.8 Å².